The van der Waals surface area contributed by atoms with Crippen LogP contribution in [0.4, 0.5) is 5.69 Å². The number of fused-ring (bicyclic) bond motifs is 2. The number of rotatable bonds is 1. The molecule has 1 aliphatic heterocycles. The molecular weight excluding hydrogens is 276 g/mol. The third-order valence-electron chi connectivity index (χ3n) is 3.84. The number of carbonyl (C=O) groups excluding carboxylic acids is 2. The maximum absolute atomic E-state index is 12.2. The molecular formula is C18H12N2O2. The number of hydrogen-bond donors (Lipinski definition) is 0. The minimum atomic E-state index is -0.316. The first-order chi connectivity index (χ1) is 10.6. The van der Waals surface area contributed by atoms with E-state index in [0.29, 0.717) is 5.69 Å². The first-order valence-electron chi connectivity index (χ1n) is 7.00. The third-order valence-corrected chi connectivity index (χ3v) is 3.84. The summed E-state index contributed by atoms with van der Waals surface area (Å²) < 4.78 is 0. The minimum Gasteiger partial charge on any atom is -0.269 e. The van der Waals surface area contributed by atoms with Gasteiger partial charge in [-0.3, -0.25) is 9.59 Å². The van der Waals surface area contributed by atoms with Gasteiger partial charge in [-0.1, -0.05) is 29.8 Å². The molecule has 3 aromatic rings. The Kier molecular flexibility index (Phi) is 2.60. The summed E-state index contributed by atoms with van der Waals surface area (Å²) in [6, 6.07) is 13.4. The third kappa shape index (κ3) is 1.74. The molecule has 0 aliphatic carbocycles. The van der Waals surface area contributed by atoms with Gasteiger partial charge in [0.25, 0.3) is 11.8 Å². The van der Waals surface area contributed by atoms with E-state index in [-0.39, 0.29) is 11.8 Å². The van der Waals surface area contributed by atoms with Gasteiger partial charge < -0.3 is 0 Å². The highest BCUT2D eigenvalue weighted by molar-refractivity contribution is 6.33. The molecule has 2 heterocycles. The van der Waals surface area contributed by atoms with Gasteiger partial charge in [-0.2, -0.15) is 0 Å². The zero-order valence-corrected chi connectivity index (χ0v) is 11.9. The zero-order valence-electron chi connectivity index (χ0n) is 11.9. The molecule has 0 saturated carbocycles. The van der Waals surface area contributed by atoms with Gasteiger partial charge in [0.15, 0.2) is 0 Å². The summed E-state index contributed by atoms with van der Waals surface area (Å²) in [5.41, 5.74) is 3.20. The molecule has 2 aromatic carbocycles. The van der Waals surface area contributed by atoms with Crippen LogP contribution in [0.2, 0.25) is 0 Å². The average Bonchev–Trinajstić information content (AvgIpc) is 2.84. The summed E-state index contributed by atoms with van der Waals surface area (Å²) in [6.45, 7) is 1.98. The van der Waals surface area contributed by atoms with Gasteiger partial charge in [0.1, 0.15) is 0 Å². The van der Waals surface area contributed by atoms with E-state index >= 15 is 0 Å². The number of amides is 2. The van der Waals surface area contributed by atoms with Gasteiger partial charge in [0.2, 0.25) is 0 Å². The Hall–Kier alpha value is -3.01. The van der Waals surface area contributed by atoms with Gasteiger partial charge in [0, 0.05) is 22.9 Å². The number of aromatic nitrogens is 1. The van der Waals surface area contributed by atoms with Crippen LogP contribution < -0.4 is 4.90 Å². The van der Waals surface area contributed by atoms with Gasteiger partial charge in [-0.25, -0.2) is 9.88 Å². The smallest absolute Gasteiger partial charge is 0.258 e. The molecule has 0 spiro atoms. The molecule has 0 saturated heterocycles. The Labute approximate surface area is 126 Å². The maximum Gasteiger partial charge on any atom is 0.258 e. The molecule has 4 heteroatoms. The minimum absolute atomic E-state index is 0.316. The van der Waals surface area contributed by atoms with Crippen LogP contribution in [-0.4, -0.2) is 16.8 Å². The van der Waals surface area contributed by atoms with E-state index in [2.05, 4.69) is 4.98 Å². The van der Waals surface area contributed by atoms with Crippen molar-refractivity contribution in [3.05, 3.63) is 60.2 Å². The normalized spacial score (nSPS) is 14.5. The molecule has 2 amide bonds. The molecule has 0 N–H and O–H groups in total. The summed E-state index contributed by atoms with van der Waals surface area (Å²) in [5, 5.41) is 1.61. The van der Waals surface area contributed by atoms with Crippen LogP contribution in [-0.2, 0) is 9.59 Å². The predicted molar refractivity (Wildman–Crippen MR) is 85.6 cm³/mol. The molecule has 0 atom stereocenters. The fourth-order valence-corrected chi connectivity index (χ4v) is 2.84. The highest BCUT2D eigenvalue weighted by Crippen LogP contribution is 2.35. The lowest BCUT2D eigenvalue weighted by Gasteiger charge is -2.19. The molecule has 4 rings (SSSR count). The molecule has 0 fully saturated rings. The van der Waals surface area contributed by atoms with E-state index in [9.17, 15) is 9.59 Å². The van der Waals surface area contributed by atoms with E-state index < -0.39 is 0 Å². The summed E-state index contributed by atoms with van der Waals surface area (Å²) in [4.78, 5) is 30.2. The Morgan fingerprint density at radius 1 is 0.864 bits per heavy atom. The molecule has 106 valence electrons. The Balaban J connectivity index is 2.18. The van der Waals surface area contributed by atoms with Crippen molar-refractivity contribution in [2.45, 2.75) is 6.92 Å². The zero-order chi connectivity index (χ0) is 15.3. The summed E-state index contributed by atoms with van der Waals surface area (Å²) >= 11 is 0. The molecule has 1 aliphatic rings. The highest BCUT2D eigenvalue weighted by atomic mass is 16.2. The number of para-hydroxylation sites is 1. The largest absolute Gasteiger partial charge is 0.269 e. The fourth-order valence-electron chi connectivity index (χ4n) is 2.84. The van der Waals surface area contributed by atoms with Gasteiger partial charge >= 0.3 is 0 Å². The van der Waals surface area contributed by atoms with Crippen LogP contribution in [0.5, 0.6) is 0 Å². The second kappa shape index (κ2) is 4.49. The number of imide groups is 1. The van der Waals surface area contributed by atoms with Crippen molar-refractivity contribution in [3.63, 3.8) is 0 Å². The van der Waals surface area contributed by atoms with Crippen LogP contribution in [0.25, 0.3) is 21.8 Å². The first-order valence-corrected chi connectivity index (χ1v) is 7.00. The lowest BCUT2D eigenvalue weighted by molar-refractivity contribution is -0.119. The molecule has 0 bridgehead atoms. The Morgan fingerprint density at radius 2 is 1.55 bits per heavy atom. The topological polar surface area (TPSA) is 50.3 Å². The van der Waals surface area contributed by atoms with Crippen LogP contribution in [0.15, 0.2) is 54.6 Å². The molecule has 1 aromatic heterocycles. The highest BCUT2D eigenvalue weighted by Gasteiger charge is 2.28. The number of aryl methyl sites for hydroxylation is 1. The monoisotopic (exact) mass is 288 g/mol. The first kappa shape index (κ1) is 12.7. The van der Waals surface area contributed by atoms with Crippen LogP contribution in [0.3, 0.4) is 0 Å². The lowest BCUT2D eigenvalue weighted by atomic mass is 10.0. The van der Waals surface area contributed by atoms with E-state index in [0.717, 1.165) is 27.4 Å². The second-order valence-corrected chi connectivity index (χ2v) is 5.34. The second-order valence-electron chi connectivity index (χ2n) is 5.34. The van der Waals surface area contributed by atoms with Crippen molar-refractivity contribution in [3.8, 4) is 0 Å². The van der Waals surface area contributed by atoms with E-state index in [4.69, 9.17) is 0 Å². The molecule has 0 unspecified atom stereocenters. The van der Waals surface area contributed by atoms with Crippen LogP contribution in [0.1, 0.15) is 5.56 Å². The van der Waals surface area contributed by atoms with Gasteiger partial charge in [-0.15, -0.1) is 0 Å². The average molecular weight is 288 g/mol. The maximum atomic E-state index is 12.2. The number of hydrogen-bond acceptors (Lipinski definition) is 3. The summed E-state index contributed by atoms with van der Waals surface area (Å²) in [5.74, 6) is -0.631. The van der Waals surface area contributed by atoms with Crippen molar-refractivity contribution < 1.29 is 9.59 Å². The number of carbonyl (C=O) groups is 2. The lowest BCUT2D eigenvalue weighted by Crippen LogP contribution is -2.30. The number of benzene rings is 2. The number of nitrogens with zero attached hydrogens (tertiary/aromatic N) is 2. The molecule has 0 radical (unpaired) electrons. The number of pyridine rings is 1. The predicted octanol–water partition coefficient (Wildman–Crippen LogP) is 3.13. The van der Waals surface area contributed by atoms with E-state index in [1.807, 2.05) is 49.4 Å². The fraction of sp³-hybridized carbons (Fsp3) is 0.0556. The standard InChI is InChI=1S/C18H12N2O2/c1-11-6-7-15-13(10-11)18(20-16(21)8-9-17(20)22)12-4-2-3-5-14(12)19-15/h2-10H,1H3. The van der Waals surface area contributed by atoms with Crippen molar-refractivity contribution >= 4 is 39.3 Å². The quantitative estimate of drug-likeness (QED) is 0.510. The summed E-state index contributed by atoms with van der Waals surface area (Å²) in [7, 11) is 0. The SMILES string of the molecule is Cc1ccc2nc3ccccc3c(N3C(=O)C=CC3=O)c2c1. The van der Waals surface area contributed by atoms with Crippen molar-refractivity contribution in [1.29, 1.82) is 0 Å². The van der Waals surface area contributed by atoms with Crippen molar-refractivity contribution in [2.24, 2.45) is 0 Å². The molecule has 4 nitrogen and oxygen atoms in total. The van der Waals surface area contributed by atoms with Crippen LogP contribution in [0, 0.1) is 6.92 Å². The molecule has 22 heavy (non-hydrogen) atoms. The Morgan fingerprint density at radius 3 is 2.32 bits per heavy atom. The van der Waals surface area contributed by atoms with Crippen molar-refractivity contribution in [2.75, 3.05) is 4.90 Å². The summed E-state index contributed by atoms with van der Waals surface area (Å²) in [6.07, 6.45) is 2.61. The van der Waals surface area contributed by atoms with Crippen LogP contribution >= 0.6 is 0 Å². The van der Waals surface area contributed by atoms with E-state index in [1.54, 1.807) is 0 Å². The number of anilines is 1. The van der Waals surface area contributed by atoms with Gasteiger partial charge in [0.05, 0.1) is 16.7 Å². The van der Waals surface area contributed by atoms with Gasteiger partial charge in [-0.05, 0) is 25.1 Å². The Bertz CT molecular complexity index is 971. The van der Waals surface area contributed by atoms with E-state index in [1.165, 1.54) is 17.1 Å². The van der Waals surface area contributed by atoms with Crippen molar-refractivity contribution in [1.82, 2.24) is 4.98 Å².